The third kappa shape index (κ3) is 5.82. The number of carboxylic acids is 1. The van der Waals surface area contributed by atoms with E-state index in [9.17, 15) is 19.5 Å². The molecule has 0 spiro atoms. The highest BCUT2D eigenvalue weighted by molar-refractivity contribution is 6.30. The molecule has 4 fully saturated rings. The Labute approximate surface area is 328 Å². The quantitative estimate of drug-likeness (QED) is 0.214. The van der Waals surface area contributed by atoms with E-state index >= 15 is 0 Å². The molecule has 7 rings (SSSR count). The summed E-state index contributed by atoms with van der Waals surface area (Å²) in [7, 11) is 2.04. The van der Waals surface area contributed by atoms with Crippen LogP contribution in [0.2, 0.25) is 5.02 Å². The van der Waals surface area contributed by atoms with Crippen molar-refractivity contribution in [3.63, 3.8) is 0 Å². The van der Waals surface area contributed by atoms with Crippen molar-refractivity contribution in [1.29, 1.82) is 0 Å². The summed E-state index contributed by atoms with van der Waals surface area (Å²) in [4.78, 5) is 38.4. The summed E-state index contributed by atoms with van der Waals surface area (Å²) >= 11 is 6.20. The smallest absolute Gasteiger partial charge is 0.309 e. The highest BCUT2D eigenvalue weighted by atomic mass is 35.5. The minimum absolute atomic E-state index is 0.00835. The zero-order valence-corrected chi connectivity index (χ0v) is 35.4. The predicted octanol–water partition coefficient (Wildman–Crippen LogP) is 10.6. The number of halogens is 1. The molecular weight excluding hydrogens is 696 g/mol. The maximum Gasteiger partial charge on any atom is 0.309 e. The van der Waals surface area contributed by atoms with E-state index in [1.54, 1.807) is 29.7 Å². The topological polar surface area (TPSA) is 90.5 Å². The fourth-order valence-corrected chi connectivity index (χ4v) is 14.0. The van der Waals surface area contributed by atoms with Gasteiger partial charge in [0.2, 0.25) is 0 Å². The van der Waals surface area contributed by atoms with Crippen molar-refractivity contribution in [3.05, 3.63) is 62.5 Å². The van der Waals surface area contributed by atoms with Gasteiger partial charge in [0.1, 0.15) is 6.10 Å². The van der Waals surface area contributed by atoms with Crippen molar-refractivity contribution in [2.75, 3.05) is 0 Å². The van der Waals surface area contributed by atoms with Crippen LogP contribution in [-0.4, -0.2) is 32.5 Å². The van der Waals surface area contributed by atoms with Crippen molar-refractivity contribution in [2.45, 2.75) is 145 Å². The monoisotopic (exact) mass is 760 g/mol. The van der Waals surface area contributed by atoms with E-state index in [0.29, 0.717) is 28.7 Å². The summed E-state index contributed by atoms with van der Waals surface area (Å²) in [5, 5.41) is 10.3. The van der Waals surface area contributed by atoms with Crippen LogP contribution >= 0.6 is 11.6 Å². The lowest BCUT2D eigenvalue weighted by Gasteiger charge is -2.72. The van der Waals surface area contributed by atoms with Crippen LogP contribution in [0.3, 0.4) is 0 Å². The van der Waals surface area contributed by atoms with Gasteiger partial charge in [0.25, 0.3) is 5.56 Å². The number of esters is 1. The first-order valence-corrected chi connectivity index (χ1v) is 21.2. The normalized spacial score (nSPS) is 35.9. The number of benzene rings is 1. The Kier molecular flexibility index (Phi) is 9.59. The average Bonchev–Trinajstić information content (AvgIpc) is 3.59. The van der Waals surface area contributed by atoms with E-state index in [1.807, 2.05) is 37.4 Å². The van der Waals surface area contributed by atoms with E-state index in [4.69, 9.17) is 16.3 Å². The second kappa shape index (κ2) is 13.1. The molecule has 1 aromatic carbocycles. The van der Waals surface area contributed by atoms with Crippen molar-refractivity contribution < 1.29 is 19.4 Å². The van der Waals surface area contributed by atoms with E-state index in [2.05, 4.69) is 53.1 Å². The maximum absolute atomic E-state index is 13.5. The minimum Gasteiger partial charge on any atom is -0.481 e. The number of allylic oxidation sites excluding steroid dienone is 2. The second-order valence-electron chi connectivity index (χ2n) is 20.7. The highest BCUT2D eigenvalue weighted by Crippen LogP contribution is 2.77. The molecule has 0 amide bonds. The summed E-state index contributed by atoms with van der Waals surface area (Å²) in [6.07, 6.45) is 11.8. The van der Waals surface area contributed by atoms with E-state index in [1.165, 1.54) is 32.1 Å². The molecule has 296 valence electrons. The molecule has 7 nitrogen and oxygen atoms in total. The van der Waals surface area contributed by atoms with Gasteiger partial charge in [-0.25, -0.2) is 4.68 Å². The second-order valence-corrected chi connectivity index (χ2v) is 21.1. The highest BCUT2D eigenvalue weighted by Gasteiger charge is 2.69. The summed E-state index contributed by atoms with van der Waals surface area (Å²) in [6.45, 7) is 20.5. The van der Waals surface area contributed by atoms with Gasteiger partial charge in [0, 0.05) is 29.2 Å². The lowest BCUT2D eigenvalue weighted by molar-refractivity contribution is -0.233. The Balaban J connectivity index is 1.18. The zero-order valence-electron chi connectivity index (χ0n) is 34.6. The maximum atomic E-state index is 13.5. The van der Waals surface area contributed by atoms with Gasteiger partial charge >= 0.3 is 11.9 Å². The van der Waals surface area contributed by atoms with Gasteiger partial charge in [-0.1, -0.05) is 71.2 Å². The molecule has 0 unspecified atom stereocenters. The summed E-state index contributed by atoms with van der Waals surface area (Å²) < 4.78 is 10.1. The van der Waals surface area contributed by atoms with E-state index < -0.39 is 17.4 Å². The molecule has 1 heterocycles. The number of hydrogen-bond acceptors (Lipinski definition) is 4. The van der Waals surface area contributed by atoms with Gasteiger partial charge in [0.05, 0.1) is 17.5 Å². The molecule has 0 saturated heterocycles. The number of aromatic nitrogens is 2. The number of nitrogens with zero attached hydrogens (tertiary/aromatic N) is 2. The lowest BCUT2D eigenvalue weighted by atomic mass is 9.33. The molecule has 2 aromatic rings. The third-order valence-electron chi connectivity index (χ3n) is 17.0. The molecule has 1 aromatic heterocycles. The van der Waals surface area contributed by atoms with Crippen LogP contribution in [0.1, 0.15) is 139 Å². The summed E-state index contributed by atoms with van der Waals surface area (Å²) in [5.74, 6) is 0.677. The fraction of sp³-hybridized carbons (Fsp3) is 0.717. The number of hydrogen-bond donors (Lipinski definition) is 1. The number of carbonyl (C=O) groups is 2. The largest absolute Gasteiger partial charge is 0.481 e. The van der Waals surface area contributed by atoms with Crippen LogP contribution in [-0.2, 0) is 27.8 Å². The Hall–Kier alpha value is -2.80. The first-order valence-electron chi connectivity index (χ1n) is 20.8. The lowest BCUT2D eigenvalue weighted by Crippen LogP contribution is -2.65. The number of carbonyl (C=O) groups excluding carboxylic acids is 1. The number of aliphatic carboxylic acids is 1. The first-order chi connectivity index (χ1) is 25.1. The van der Waals surface area contributed by atoms with E-state index in [0.717, 1.165) is 49.9 Å². The van der Waals surface area contributed by atoms with Gasteiger partial charge in [-0.2, -0.15) is 0 Å². The van der Waals surface area contributed by atoms with Crippen LogP contribution in [0, 0.1) is 56.2 Å². The molecule has 8 atom stereocenters. The van der Waals surface area contributed by atoms with E-state index in [-0.39, 0.29) is 45.2 Å². The minimum atomic E-state index is -1.15. The molecule has 0 aliphatic heterocycles. The first kappa shape index (κ1) is 39.4. The molecule has 5 aliphatic rings. The Morgan fingerprint density at radius 2 is 1.61 bits per heavy atom. The van der Waals surface area contributed by atoms with Crippen molar-refractivity contribution in [3.8, 4) is 5.69 Å². The average molecular weight is 761 g/mol. The molecule has 0 bridgehead atoms. The summed E-state index contributed by atoms with van der Waals surface area (Å²) in [6, 6.07) is 9.42. The van der Waals surface area contributed by atoms with Gasteiger partial charge in [0.15, 0.2) is 0 Å². The molecule has 5 aliphatic carbocycles. The van der Waals surface area contributed by atoms with Gasteiger partial charge < -0.3 is 9.84 Å². The molecular formula is C46H65ClN2O5. The van der Waals surface area contributed by atoms with Gasteiger partial charge in [-0.3, -0.25) is 19.1 Å². The Morgan fingerprint density at radius 3 is 2.26 bits per heavy atom. The van der Waals surface area contributed by atoms with Crippen molar-refractivity contribution >= 4 is 23.5 Å². The Bertz CT molecular complexity index is 1920. The molecule has 54 heavy (non-hydrogen) atoms. The molecule has 4 saturated carbocycles. The number of rotatable bonds is 8. The van der Waals surface area contributed by atoms with Gasteiger partial charge in [-0.15, -0.1) is 0 Å². The van der Waals surface area contributed by atoms with Crippen LogP contribution in [0.15, 0.2) is 46.3 Å². The molecule has 0 radical (unpaired) electrons. The predicted molar refractivity (Wildman–Crippen MR) is 215 cm³/mol. The number of fused-ring (bicyclic) bond motifs is 7. The fourth-order valence-electron chi connectivity index (χ4n) is 13.9. The number of carboxylic acid groups (broad SMARTS) is 1. The van der Waals surface area contributed by atoms with Gasteiger partial charge in [-0.05, 0) is 154 Å². The molecule has 1 N–H and O–H groups in total. The molecule has 8 heteroatoms. The SMILES string of the molecule is CC(C)C1=C2[C@H]3CC[C@@H]4[C@@]5(C)CC[C@H](OC(=O)CC(C)(C)C(=O)O)C(C)(C)[C@@H]5CC[C@@]4(C)[C@]3(C)CC[C@@]2(Cc2cc(=O)n(-c3ccc(Cl)cc3)n2C)CC1. The standard InChI is InChI=1S/C46H65ClN2O5/c1-28(2)32-17-22-46(26-31-25-37(50)49(48(31)10)30-13-11-29(47)12-14-30)24-23-44(8)33(39(32)46)15-16-35-43(7)20-19-36(54-38(51)27-41(3,4)40(52)53)42(5,6)34(43)18-21-45(35,44)9/h11-14,25,28,33-36H,15-24,26-27H2,1-10H3,(H,52,53)/t33-,34+,35-,36+,43+,44-,45-,46-/m1/s1. The van der Waals surface area contributed by atoms with Crippen LogP contribution < -0.4 is 5.56 Å². The van der Waals surface area contributed by atoms with Crippen molar-refractivity contribution in [2.24, 2.45) is 63.2 Å². The third-order valence-corrected chi connectivity index (χ3v) is 17.3. The van der Waals surface area contributed by atoms with Crippen molar-refractivity contribution in [1.82, 2.24) is 9.36 Å². The summed E-state index contributed by atoms with van der Waals surface area (Å²) in [5.41, 5.74) is 4.61. The van der Waals surface area contributed by atoms with Crippen LogP contribution in [0.25, 0.3) is 5.69 Å². The Morgan fingerprint density at radius 1 is 0.926 bits per heavy atom. The van der Waals surface area contributed by atoms with Crippen LogP contribution in [0.5, 0.6) is 0 Å². The zero-order chi connectivity index (χ0) is 39.4. The van der Waals surface area contributed by atoms with Crippen LogP contribution in [0.4, 0.5) is 0 Å². The number of ether oxygens (including phenoxy) is 1.